The number of anilines is 1. The summed E-state index contributed by atoms with van der Waals surface area (Å²) in [7, 11) is 0. The second-order valence-electron chi connectivity index (χ2n) is 5.45. The lowest BCUT2D eigenvalue weighted by atomic mass is 9.85. The Kier molecular flexibility index (Phi) is 3.46. The third-order valence-corrected chi connectivity index (χ3v) is 4.21. The summed E-state index contributed by atoms with van der Waals surface area (Å²) in [5.41, 5.74) is 0.205. The molecule has 0 aromatic carbocycles. The molecule has 1 aliphatic carbocycles. The minimum atomic E-state index is -0.494. The van der Waals surface area contributed by atoms with E-state index in [-0.39, 0.29) is 17.6 Å². The molecule has 1 aliphatic heterocycles. The Morgan fingerprint density at radius 1 is 1.42 bits per heavy atom. The Balaban J connectivity index is 1.64. The summed E-state index contributed by atoms with van der Waals surface area (Å²) in [6.45, 7) is 0. The maximum atomic E-state index is 13.4. The number of hydrogen-bond acceptors (Lipinski definition) is 3. The molecule has 1 saturated heterocycles. The molecule has 2 fully saturated rings. The maximum Gasteiger partial charge on any atom is 0.241 e. The summed E-state index contributed by atoms with van der Waals surface area (Å²) >= 11 is 0. The van der Waals surface area contributed by atoms with E-state index in [9.17, 15) is 9.18 Å². The second kappa shape index (κ2) is 5.25. The average molecular weight is 263 g/mol. The van der Waals surface area contributed by atoms with Crippen molar-refractivity contribution in [2.24, 2.45) is 5.92 Å². The highest BCUT2D eigenvalue weighted by Crippen LogP contribution is 2.33. The third kappa shape index (κ3) is 2.61. The lowest BCUT2D eigenvalue weighted by Gasteiger charge is -2.24. The number of aromatic nitrogens is 1. The van der Waals surface area contributed by atoms with E-state index in [0.717, 1.165) is 19.0 Å². The van der Waals surface area contributed by atoms with Gasteiger partial charge in [-0.1, -0.05) is 12.8 Å². The molecule has 3 unspecified atom stereocenters. The fourth-order valence-corrected chi connectivity index (χ4v) is 3.22. The van der Waals surface area contributed by atoms with Gasteiger partial charge in [0.25, 0.3) is 0 Å². The van der Waals surface area contributed by atoms with Gasteiger partial charge in [0.2, 0.25) is 5.91 Å². The van der Waals surface area contributed by atoms with Crippen LogP contribution in [0.1, 0.15) is 32.1 Å². The van der Waals surface area contributed by atoms with Crippen LogP contribution in [0, 0.1) is 11.7 Å². The number of pyridine rings is 1. The van der Waals surface area contributed by atoms with E-state index >= 15 is 0 Å². The topological polar surface area (TPSA) is 54.0 Å². The SMILES string of the molecule is O=C(Nc1ccncc1F)C1CC2CCCCC2N1. The van der Waals surface area contributed by atoms with Crippen LogP contribution in [-0.4, -0.2) is 23.0 Å². The minimum Gasteiger partial charge on any atom is -0.322 e. The van der Waals surface area contributed by atoms with Gasteiger partial charge in [0.1, 0.15) is 0 Å². The zero-order chi connectivity index (χ0) is 13.2. The molecule has 2 N–H and O–H groups in total. The van der Waals surface area contributed by atoms with Crippen LogP contribution in [0.4, 0.5) is 10.1 Å². The number of amides is 1. The fraction of sp³-hybridized carbons (Fsp3) is 0.571. The molecule has 1 aromatic heterocycles. The highest BCUT2D eigenvalue weighted by Gasteiger charge is 2.38. The molecule has 102 valence electrons. The van der Waals surface area contributed by atoms with Gasteiger partial charge in [-0.3, -0.25) is 9.78 Å². The normalized spacial score (nSPS) is 29.8. The van der Waals surface area contributed by atoms with E-state index in [1.165, 1.54) is 31.5 Å². The van der Waals surface area contributed by atoms with Crippen molar-refractivity contribution in [3.05, 3.63) is 24.3 Å². The monoisotopic (exact) mass is 263 g/mol. The molecule has 0 spiro atoms. The number of carbonyl (C=O) groups excluding carboxylic acids is 1. The first kappa shape index (κ1) is 12.5. The van der Waals surface area contributed by atoms with Crippen LogP contribution in [0.2, 0.25) is 0 Å². The molecule has 19 heavy (non-hydrogen) atoms. The average Bonchev–Trinajstić information content (AvgIpc) is 2.85. The van der Waals surface area contributed by atoms with Crippen molar-refractivity contribution in [3.63, 3.8) is 0 Å². The van der Waals surface area contributed by atoms with Crippen molar-refractivity contribution in [2.75, 3.05) is 5.32 Å². The minimum absolute atomic E-state index is 0.139. The Morgan fingerprint density at radius 2 is 2.26 bits per heavy atom. The summed E-state index contributed by atoms with van der Waals surface area (Å²) in [6.07, 6.45) is 8.29. The summed E-state index contributed by atoms with van der Waals surface area (Å²) in [5, 5.41) is 6.03. The van der Waals surface area contributed by atoms with Gasteiger partial charge < -0.3 is 10.6 Å². The van der Waals surface area contributed by atoms with Crippen LogP contribution in [-0.2, 0) is 4.79 Å². The van der Waals surface area contributed by atoms with Crippen LogP contribution < -0.4 is 10.6 Å². The van der Waals surface area contributed by atoms with Crippen molar-refractivity contribution in [2.45, 2.75) is 44.2 Å². The van der Waals surface area contributed by atoms with E-state index in [1.54, 1.807) is 0 Å². The van der Waals surface area contributed by atoms with E-state index in [0.29, 0.717) is 12.0 Å². The molecule has 1 amide bonds. The molecular weight excluding hydrogens is 245 g/mol. The van der Waals surface area contributed by atoms with E-state index < -0.39 is 5.82 Å². The van der Waals surface area contributed by atoms with Crippen molar-refractivity contribution in [3.8, 4) is 0 Å². The van der Waals surface area contributed by atoms with Crippen LogP contribution in [0.5, 0.6) is 0 Å². The number of carbonyl (C=O) groups is 1. The maximum absolute atomic E-state index is 13.4. The van der Waals surface area contributed by atoms with Gasteiger partial charge >= 0.3 is 0 Å². The van der Waals surface area contributed by atoms with Crippen molar-refractivity contribution >= 4 is 11.6 Å². The van der Waals surface area contributed by atoms with Gasteiger partial charge in [0.05, 0.1) is 17.9 Å². The van der Waals surface area contributed by atoms with Gasteiger partial charge in [-0.25, -0.2) is 4.39 Å². The number of rotatable bonds is 2. The Labute approximate surface area is 111 Å². The van der Waals surface area contributed by atoms with Gasteiger partial charge in [-0.05, 0) is 31.2 Å². The Morgan fingerprint density at radius 3 is 3.05 bits per heavy atom. The first-order valence-electron chi connectivity index (χ1n) is 6.90. The zero-order valence-electron chi connectivity index (χ0n) is 10.7. The summed E-state index contributed by atoms with van der Waals surface area (Å²) in [6, 6.07) is 1.75. The third-order valence-electron chi connectivity index (χ3n) is 4.21. The second-order valence-corrected chi connectivity index (χ2v) is 5.45. The van der Waals surface area contributed by atoms with Gasteiger partial charge in [0, 0.05) is 12.2 Å². The summed E-state index contributed by atoms with van der Waals surface area (Å²) < 4.78 is 13.4. The van der Waals surface area contributed by atoms with Gasteiger partial charge in [0.15, 0.2) is 5.82 Å². The molecule has 0 radical (unpaired) electrons. The highest BCUT2D eigenvalue weighted by molar-refractivity contribution is 5.95. The van der Waals surface area contributed by atoms with Gasteiger partial charge in [-0.15, -0.1) is 0 Å². The number of halogens is 1. The Hall–Kier alpha value is -1.49. The van der Waals surface area contributed by atoms with Gasteiger partial charge in [-0.2, -0.15) is 0 Å². The van der Waals surface area contributed by atoms with Crippen molar-refractivity contribution < 1.29 is 9.18 Å². The van der Waals surface area contributed by atoms with Crippen LogP contribution in [0.3, 0.4) is 0 Å². The molecule has 1 aromatic rings. The summed E-state index contributed by atoms with van der Waals surface area (Å²) in [4.78, 5) is 15.8. The molecule has 3 rings (SSSR count). The number of hydrogen-bond donors (Lipinski definition) is 2. The number of nitrogens with zero attached hydrogens (tertiary/aromatic N) is 1. The molecular formula is C14H18FN3O. The van der Waals surface area contributed by atoms with Crippen molar-refractivity contribution in [1.29, 1.82) is 0 Å². The van der Waals surface area contributed by atoms with Crippen LogP contribution in [0.25, 0.3) is 0 Å². The number of fused-ring (bicyclic) bond motifs is 1. The highest BCUT2D eigenvalue weighted by atomic mass is 19.1. The molecule has 1 saturated carbocycles. The van der Waals surface area contributed by atoms with E-state index in [2.05, 4.69) is 15.6 Å². The smallest absolute Gasteiger partial charge is 0.241 e. The summed E-state index contributed by atoms with van der Waals surface area (Å²) in [5.74, 6) is -0.0300. The predicted molar refractivity (Wildman–Crippen MR) is 70.1 cm³/mol. The molecule has 2 aliphatic rings. The standard InChI is InChI=1S/C14H18FN3O/c15-10-8-16-6-5-12(10)18-14(19)13-7-9-3-1-2-4-11(9)17-13/h5-6,8-9,11,13,17H,1-4,7H2,(H,16,18,19). The van der Waals surface area contributed by atoms with Crippen molar-refractivity contribution in [1.82, 2.24) is 10.3 Å². The van der Waals surface area contributed by atoms with E-state index in [1.807, 2.05) is 0 Å². The molecule has 4 nitrogen and oxygen atoms in total. The molecule has 5 heteroatoms. The quantitative estimate of drug-likeness (QED) is 0.859. The first-order valence-corrected chi connectivity index (χ1v) is 6.90. The molecule has 2 heterocycles. The fourth-order valence-electron chi connectivity index (χ4n) is 3.22. The molecule has 0 bridgehead atoms. The van der Waals surface area contributed by atoms with Crippen LogP contribution >= 0.6 is 0 Å². The lowest BCUT2D eigenvalue weighted by Crippen LogP contribution is -2.40. The number of nitrogens with one attached hydrogen (secondary N) is 2. The van der Waals surface area contributed by atoms with E-state index in [4.69, 9.17) is 0 Å². The Bertz CT molecular complexity index is 466. The zero-order valence-corrected chi connectivity index (χ0v) is 10.7. The first-order chi connectivity index (χ1) is 9.24. The predicted octanol–water partition coefficient (Wildman–Crippen LogP) is 2.08. The van der Waals surface area contributed by atoms with Crippen LogP contribution in [0.15, 0.2) is 18.5 Å². The molecule has 3 atom stereocenters. The lowest BCUT2D eigenvalue weighted by molar-refractivity contribution is -0.117. The largest absolute Gasteiger partial charge is 0.322 e.